The summed E-state index contributed by atoms with van der Waals surface area (Å²) < 4.78 is 5.64. The highest BCUT2D eigenvalue weighted by Gasteiger charge is 2.46. The van der Waals surface area contributed by atoms with Crippen LogP contribution in [0.25, 0.3) is 0 Å². The van der Waals surface area contributed by atoms with Crippen LogP contribution in [0, 0.1) is 15.5 Å². The van der Waals surface area contributed by atoms with Crippen molar-refractivity contribution in [3.05, 3.63) is 34.4 Å². The number of cyclic esters (lactones) is 1. The fourth-order valence-electron chi connectivity index (χ4n) is 4.17. The molecule has 1 atom stereocenters. The van der Waals surface area contributed by atoms with Gasteiger partial charge < -0.3 is 9.64 Å². The fourth-order valence-corrected chi connectivity index (χ4v) is 4.17. The second kappa shape index (κ2) is 8.25. The van der Waals surface area contributed by atoms with E-state index in [2.05, 4.69) is 23.6 Å². The van der Waals surface area contributed by atoms with Crippen LogP contribution in [-0.2, 0) is 9.53 Å². The second-order valence-electron chi connectivity index (χ2n) is 7.61. The van der Waals surface area contributed by atoms with Crippen molar-refractivity contribution >= 4 is 17.3 Å². The number of hydrogen-bond acceptors (Lipinski definition) is 6. The van der Waals surface area contributed by atoms with Gasteiger partial charge in [-0.25, -0.2) is 0 Å². The number of non-ortho nitro benzene ring substituents is 1. The van der Waals surface area contributed by atoms with Crippen molar-refractivity contribution < 1.29 is 14.5 Å². The molecule has 2 aliphatic rings. The normalized spacial score (nSPS) is 22.7. The summed E-state index contributed by atoms with van der Waals surface area (Å²) in [6.07, 6.45) is 3.50. The zero-order valence-corrected chi connectivity index (χ0v) is 16.2. The number of rotatable bonds is 7. The first kappa shape index (κ1) is 19.6. The monoisotopic (exact) mass is 375 g/mol. The molecular formula is C20H29N3O4. The lowest BCUT2D eigenvalue weighted by Gasteiger charge is -2.36. The highest BCUT2D eigenvalue weighted by atomic mass is 16.6. The van der Waals surface area contributed by atoms with E-state index in [1.807, 2.05) is 12.1 Å². The van der Waals surface area contributed by atoms with Gasteiger partial charge in [-0.1, -0.05) is 13.8 Å². The van der Waals surface area contributed by atoms with E-state index in [0.717, 1.165) is 64.1 Å². The number of esters is 1. The Morgan fingerprint density at radius 3 is 2.30 bits per heavy atom. The molecule has 0 saturated carbocycles. The summed E-state index contributed by atoms with van der Waals surface area (Å²) in [4.78, 5) is 27.3. The minimum atomic E-state index is -0.372. The number of nitro benzene ring substituents is 1. The van der Waals surface area contributed by atoms with Crippen molar-refractivity contribution in [1.82, 2.24) is 4.90 Å². The van der Waals surface area contributed by atoms with Gasteiger partial charge in [-0.15, -0.1) is 0 Å². The summed E-state index contributed by atoms with van der Waals surface area (Å²) >= 11 is 0. The van der Waals surface area contributed by atoms with E-state index in [1.54, 1.807) is 12.1 Å². The lowest BCUT2D eigenvalue weighted by Crippen LogP contribution is -2.47. The second-order valence-corrected chi connectivity index (χ2v) is 7.61. The number of nitrogens with zero attached hydrogens (tertiary/aromatic N) is 3. The predicted molar refractivity (Wildman–Crippen MR) is 104 cm³/mol. The van der Waals surface area contributed by atoms with Gasteiger partial charge in [0.05, 0.1) is 10.3 Å². The first-order valence-electron chi connectivity index (χ1n) is 9.90. The van der Waals surface area contributed by atoms with Crippen LogP contribution >= 0.6 is 0 Å². The molecule has 0 radical (unpaired) electrons. The molecular weight excluding hydrogens is 346 g/mol. The smallest absolute Gasteiger partial charge is 0.312 e. The van der Waals surface area contributed by atoms with Crippen LogP contribution in [0.15, 0.2) is 24.3 Å². The molecule has 2 saturated heterocycles. The first-order valence-corrected chi connectivity index (χ1v) is 9.90. The van der Waals surface area contributed by atoms with E-state index < -0.39 is 0 Å². The largest absolute Gasteiger partial charge is 0.462 e. The number of hydrogen-bond donors (Lipinski definition) is 0. The molecule has 27 heavy (non-hydrogen) atoms. The number of carbonyl (C=O) groups is 1. The zero-order valence-electron chi connectivity index (χ0n) is 16.2. The van der Waals surface area contributed by atoms with E-state index in [0.29, 0.717) is 0 Å². The summed E-state index contributed by atoms with van der Waals surface area (Å²) in [7, 11) is 0. The van der Waals surface area contributed by atoms with E-state index in [-0.39, 0.29) is 28.1 Å². The molecule has 2 heterocycles. The van der Waals surface area contributed by atoms with Gasteiger partial charge >= 0.3 is 5.97 Å². The molecule has 2 aliphatic heterocycles. The molecule has 0 unspecified atom stereocenters. The molecule has 148 valence electrons. The summed E-state index contributed by atoms with van der Waals surface area (Å²) in [5.41, 5.74) is 0.888. The Bertz CT molecular complexity index is 664. The zero-order chi connectivity index (χ0) is 19.4. The molecule has 0 bridgehead atoms. The van der Waals surface area contributed by atoms with Crippen molar-refractivity contribution in [1.29, 1.82) is 0 Å². The van der Waals surface area contributed by atoms with Crippen molar-refractivity contribution in [2.75, 3.05) is 37.6 Å². The summed E-state index contributed by atoms with van der Waals surface area (Å²) in [6.45, 7) is 8.78. The third-order valence-corrected chi connectivity index (χ3v) is 6.24. The van der Waals surface area contributed by atoms with Crippen LogP contribution in [0.5, 0.6) is 0 Å². The number of anilines is 1. The van der Waals surface area contributed by atoms with Gasteiger partial charge in [-0.05, 0) is 31.4 Å². The van der Waals surface area contributed by atoms with Gasteiger partial charge in [0, 0.05) is 57.0 Å². The summed E-state index contributed by atoms with van der Waals surface area (Å²) in [5, 5.41) is 10.8. The fraction of sp³-hybridized carbons (Fsp3) is 0.650. The van der Waals surface area contributed by atoms with Gasteiger partial charge in [0.15, 0.2) is 0 Å². The predicted octanol–water partition coefficient (Wildman–Crippen LogP) is 3.23. The minimum Gasteiger partial charge on any atom is -0.462 e. The third kappa shape index (κ3) is 4.24. The highest BCUT2D eigenvalue weighted by molar-refractivity contribution is 5.78. The maximum absolute atomic E-state index is 12.2. The van der Waals surface area contributed by atoms with E-state index in [1.165, 1.54) is 0 Å². The van der Waals surface area contributed by atoms with Gasteiger partial charge in [-0.2, -0.15) is 0 Å². The minimum absolute atomic E-state index is 0.0134. The van der Waals surface area contributed by atoms with E-state index in [4.69, 9.17) is 4.74 Å². The maximum atomic E-state index is 12.2. The summed E-state index contributed by atoms with van der Waals surface area (Å²) in [5.74, 6) is -0.0134. The molecule has 0 amide bonds. The molecule has 0 spiro atoms. The number of ether oxygens (including phenoxy) is 1. The van der Waals surface area contributed by atoms with Crippen molar-refractivity contribution in [3.63, 3.8) is 0 Å². The van der Waals surface area contributed by atoms with Crippen LogP contribution in [0.4, 0.5) is 11.4 Å². The van der Waals surface area contributed by atoms with Gasteiger partial charge in [0.25, 0.3) is 5.69 Å². The molecule has 0 aliphatic carbocycles. The highest BCUT2D eigenvalue weighted by Crippen LogP contribution is 2.41. The average Bonchev–Trinajstić information content (AvgIpc) is 3.03. The molecule has 1 aromatic rings. The SMILES string of the molecule is CCC1(CC)C[C@H](CCN2CCN(c3ccc([N+](=O)[O-])cc3)CC2)OC1=O. The van der Waals surface area contributed by atoms with Crippen LogP contribution in [0.3, 0.4) is 0 Å². The number of carbonyl (C=O) groups excluding carboxylic acids is 1. The Morgan fingerprint density at radius 2 is 1.78 bits per heavy atom. The molecule has 0 aromatic heterocycles. The van der Waals surface area contributed by atoms with Crippen molar-refractivity contribution in [2.24, 2.45) is 5.41 Å². The maximum Gasteiger partial charge on any atom is 0.312 e. The molecule has 3 rings (SSSR count). The molecule has 7 nitrogen and oxygen atoms in total. The van der Waals surface area contributed by atoms with Crippen LogP contribution < -0.4 is 4.90 Å². The Labute approximate surface area is 160 Å². The lowest BCUT2D eigenvalue weighted by molar-refractivity contribution is -0.384. The number of piperazine rings is 1. The number of benzene rings is 1. The Kier molecular flexibility index (Phi) is 5.99. The van der Waals surface area contributed by atoms with Gasteiger partial charge in [0.2, 0.25) is 0 Å². The van der Waals surface area contributed by atoms with Crippen molar-refractivity contribution in [2.45, 2.75) is 45.6 Å². The Balaban J connectivity index is 1.45. The average molecular weight is 375 g/mol. The van der Waals surface area contributed by atoms with Gasteiger partial charge in [-0.3, -0.25) is 19.8 Å². The molecule has 0 N–H and O–H groups in total. The van der Waals surface area contributed by atoms with Crippen LogP contribution in [-0.4, -0.2) is 54.6 Å². The molecule has 7 heteroatoms. The standard InChI is InChI=1S/C20H29N3O4/c1-3-20(4-2)15-18(27-19(20)24)9-10-21-11-13-22(14-12-21)16-5-7-17(8-6-16)23(25)26/h5-8,18H,3-4,9-15H2,1-2H3/t18-/m0/s1. The summed E-state index contributed by atoms with van der Waals surface area (Å²) in [6, 6.07) is 6.76. The topological polar surface area (TPSA) is 75.9 Å². The van der Waals surface area contributed by atoms with Gasteiger partial charge in [0.1, 0.15) is 6.10 Å². The third-order valence-electron chi connectivity index (χ3n) is 6.24. The first-order chi connectivity index (χ1) is 13.0. The number of nitro groups is 1. The Hall–Kier alpha value is -2.15. The van der Waals surface area contributed by atoms with Crippen molar-refractivity contribution in [3.8, 4) is 0 Å². The molecule has 2 fully saturated rings. The quantitative estimate of drug-likeness (QED) is 0.414. The van der Waals surface area contributed by atoms with Crippen LogP contribution in [0.2, 0.25) is 0 Å². The Morgan fingerprint density at radius 1 is 1.15 bits per heavy atom. The van der Waals surface area contributed by atoms with Crippen LogP contribution in [0.1, 0.15) is 39.5 Å². The molecule has 1 aromatic carbocycles. The lowest BCUT2D eigenvalue weighted by atomic mass is 9.79. The van der Waals surface area contributed by atoms with E-state index >= 15 is 0 Å². The van der Waals surface area contributed by atoms with E-state index in [9.17, 15) is 14.9 Å².